The smallest absolute Gasteiger partial charge is 0.241 e. The van der Waals surface area contributed by atoms with Gasteiger partial charge in [0, 0.05) is 14.1 Å². The number of rotatable bonds is 8. The minimum absolute atomic E-state index is 0.0113. The van der Waals surface area contributed by atoms with Crippen LogP contribution in [0.3, 0.4) is 0 Å². The van der Waals surface area contributed by atoms with Crippen molar-refractivity contribution in [1.82, 2.24) is 15.5 Å². The summed E-state index contributed by atoms with van der Waals surface area (Å²) >= 11 is 0. The summed E-state index contributed by atoms with van der Waals surface area (Å²) in [7, 11) is 3.26. The van der Waals surface area contributed by atoms with Crippen LogP contribution in [0.25, 0.3) is 0 Å². The fourth-order valence-corrected chi connectivity index (χ4v) is 2.65. The van der Waals surface area contributed by atoms with Gasteiger partial charge in [0.1, 0.15) is 5.82 Å². The molecule has 0 saturated carbocycles. The van der Waals surface area contributed by atoms with Gasteiger partial charge in [0.05, 0.1) is 19.1 Å². The fraction of sp³-hybridized carbons (Fsp3) is 0.333. The molecule has 2 rings (SSSR count). The number of aryl methyl sites for hydroxylation is 1. The molecule has 2 N–H and O–H groups in total. The minimum atomic E-state index is -0.332. The lowest BCUT2D eigenvalue weighted by atomic mass is 9.97. The Bertz CT molecular complexity index is 775. The predicted octanol–water partition coefficient (Wildman–Crippen LogP) is 2.27. The zero-order valence-corrected chi connectivity index (χ0v) is 16.0. The Kier molecular flexibility index (Phi) is 7.49. The highest BCUT2D eigenvalue weighted by atomic mass is 19.1. The highest BCUT2D eigenvalue weighted by Crippen LogP contribution is 2.23. The number of nitrogens with one attached hydrogen (secondary N) is 2. The molecule has 2 amide bonds. The van der Waals surface area contributed by atoms with E-state index < -0.39 is 0 Å². The summed E-state index contributed by atoms with van der Waals surface area (Å²) in [5.41, 5.74) is 2.88. The predicted molar refractivity (Wildman–Crippen MR) is 104 cm³/mol. The van der Waals surface area contributed by atoms with Gasteiger partial charge in [-0.05, 0) is 35.2 Å². The van der Waals surface area contributed by atoms with Gasteiger partial charge < -0.3 is 10.2 Å². The number of likely N-dealkylation sites (N-methyl/N-ethyl adjacent to an activating group) is 1. The zero-order valence-electron chi connectivity index (χ0n) is 16.0. The zero-order chi connectivity index (χ0) is 19.8. The van der Waals surface area contributed by atoms with Gasteiger partial charge >= 0.3 is 0 Å². The first-order chi connectivity index (χ1) is 12.9. The van der Waals surface area contributed by atoms with Crippen LogP contribution in [0.1, 0.15) is 29.7 Å². The third kappa shape index (κ3) is 6.18. The molecule has 6 heteroatoms. The summed E-state index contributed by atoms with van der Waals surface area (Å²) < 4.78 is 13.7. The molecular weight excluding hydrogens is 345 g/mol. The molecule has 0 aliphatic carbocycles. The van der Waals surface area contributed by atoms with Crippen molar-refractivity contribution in [2.45, 2.75) is 19.4 Å². The van der Waals surface area contributed by atoms with Crippen molar-refractivity contribution in [3.63, 3.8) is 0 Å². The van der Waals surface area contributed by atoms with E-state index in [1.54, 1.807) is 20.2 Å². The number of carbonyl (C=O) groups excluding carboxylic acids is 2. The van der Waals surface area contributed by atoms with E-state index in [9.17, 15) is 14.0 Å². The highest BCUT2D eigenvalue weighted by molar-refractivity contribution is 5.85. The summed E-state index contributed by atoms with van der Waals surface area (Å²) in [6.07, 6.45) is 0.931. The molecule has 144 valence electrons. The third-order valence-electron chi connectivity index (χ3n) is 4.31. The lowest BCUT2D eigenvalue weighted by molar-refractivity contribution is -0.130. The molecule has 5 nitrogen and oxygen atoms in total. The molecular formula is C21H26FN3O2. The number of nitrogens with zero attached hydrogens (tertiary/aromatic N) is 1. The second-order valence-corrected chi connectivity index (χ2v) is 6.53. The number of carbonyl (C=O) groups is 2. The topological polar surface area (TPSA) is 61.4 Å². The Morgan fingerprint density at radius 1 is 1.04 bits per heavy atom. The maximum atomic E-state index is 13.7. The first kappa shape index (κ1) is 20.6. The first-order valence-electron chi connectivity index (χ1n) is 8.95. The molecule has 0 saturated heterocycles. The van der Waals surface area contributed by atoms with E-state index in [2.05, 4.69) is 17.6 Å². The summed E-state index contributed by atoms with van der Waals surface area (Å²) in [6, 6.07) is 14.0. The van der Waals surface area contributed by atoms with E-state index in [0.29, 0.717) is 0 Å². The molecule has 0 aromatic heterocycles. The number of amides is 2. The second-order valence-electron chi connectivity index (χ2n) is 6.53. The quantitative estimate of drug-likeness (QED) is 0.748. The molecule has 0 heterocycles. The number of halogens is 1. The van der Waals surface area contributed by atoms with E-state index in [0.717, 1.165) is 17.5 Å². The summed E-state index contributed by atoms with van der Waals surface area (Å²) in [5, 5.41) is 5.75. The van der Waals surface area contributed by atoms with Crippen molar-refractivity contribution < 1.29 is 14.0 Å². The average Bonchev–Trinajstić information content (AvgIpc) is 2.66. The lowest BCUT2D eigenvalue weighted by Crippen LogP contribution is -2.41. The van der Waals surface area contributed by atoms with Crippen molar-refractivity contribution in [2.24, 2.45) is 0 Å². The largest absolute Gasteiger partial charge is 0.347 e. The molecule has 0 spiro atoms. The molecule has 2 aromatic carbocycles. The van der Waals surface area contributed by atoms with Crippen molar-refractivity contribution in [3.05, 3.63) is 71.0 Å². The maximum absolute atomic E-state index is 13.7. The van der Waals surface area contributed by atoms with Crippen LogP contribution in [-0.4, -0.2) is 43.9 Å². The van der Waals surface area contributed by atoms with E-state index in [4.69, 9.17) is 0 Å². The molecule has 0 fully saturated rings. The van der Waals surface area contributed by atoms with E-state index in [-0.39, 0.29) is 36.8 Å². The van der Waals surface area contributed by atoms with Gasteiger partial charge in [0.15, 0.2) is 0 Å². The molecule has 2 aromatic rings. The van der Waals surface area contributed by atoms with E-state index in [1.807, 2.05) is 30.3 Å². The number of hydrogen-bond acceptors (Lipinski definition) is 3. The van der Waals surface area contributed by atoms with Crippen LogP contribution in [0.4, 0.5) is 4.39 Å². The molecule has 0 aliphatic heterocycles. The normalized spacial score (nSPS) is 11.7. The van der Waals surface area contributed by atoms with Crippen molar-refractivity contribution in [2.75, 3.05) is 27.2 Å². The van der Waals surface area contributed by atoms with Crippen LogP contribution < -0.4 is 10.6 Å². The van der Waals surface area contributed by atoms with Crippen LogP contribution in [0, 0.1) is 5.82 Å². The fourth-order valence-electron chi connectivity index (χ4n) is 2.65. The van der Waals surface area contributed by atoms with Gasteiger partial charge in [0.25, 0.3) is 0 Å². The Morgan fingerprint density at radius 3 is 2.33 bits per heavy atom. The second kappa shape index (κ2) is 9.83. The molecule has 0 radical (unpaired) electrons. The van der Waals surface area contributed by atoms with Gasteiger partial charge in [-0.3, -0.25) is 14.9 Å². The van der Waals surface area contributed by atoms with Crippen LogP contribution in [0.15, 0.2) is 48.5 Å². The minimum Gasteiger partial charge on any atom is -0.347 e. The Hall–Kier alpha value is -2.73. The summed E-state index contributed by atoms with van der Waals surface area (Å²) in [4.78, 5) is 25.1. The Morgan fingerprint density at radius 2 is 1.74 bits per heavy atom. The SMILES string of the molecule is CCc1ccc([C@H](NCC(=O)NCC(=O)N(C)C)c2cccc(F)c2)cc1. The van der Waals surface area contributed by atoms with Gasteiger partial charge in [-0.15, -0.1) is 0 Å². The van der Waals surface area contributed by atoms with Crippen LogP contribution in [-0.2, 0) is 16.0 Å². The third-order valence-corrected chi connectivity index (χ3v) is 4.31. The van der Waals surface area contributed by atoms with Gasteiger partial charge in [0.2, 0.25) is 11.8 Å². The van der Waals surface area contributed by atoms with Crippen molar-refractivity contribution in [1.29, 1.82) is 0 Å². The summed E-state index contributed by atoms with van der Waals surface area (Å²) in [6.45, 7) is 2.04. The molecule has 0 unspecified atom stereocenters. The lowest BCUT2D eigenvalue weighted by Gasteiger charge is -2.20. The Balaban J connectivity index is 2.10. The highest BCUT2D eigenvalue weighted by Gasteiger charge is 2.16. The van der Waals surface area contributed by atoms with Gasteiger partial charge in [-0.1, -0.05) is 43.3 Å². The van der Waals surface area contributed by atoms with Crippen molar-refractivity contribution >= 4 is 11.8 Å². The van der Waals surface area contributed by atoms with E-state index in [1.165, 1.54) is 22.6 Å². The van der Waals surface area contributed by atoms with Gasteiger partial charge in [-0.2, -0.15) is 0 Å². The summed E-state index contributed by atoms with van der Waals surface area (Å²) in [5.74, 6) is -0.803. The number of hydrogen-bond donors (Lipinski definition) is 2. The monoisotopic (exact) mass is 371 g/mol. The molecule has 1 atom stereocenters. The first-order valence-corrected chi connectivity index (χ1v) is 8.95. The van der Waals surface area contributed by atoms with Crippen molar-refractivity contribution in [3.8, 4) is 0 Å². The maximum Gasteiger partial charge on any atom is 0.241 e. The van der Waals surface area contributed by atoms with Crippen LogP contribution >= 0.6 is 0 Å². The van der Waals surface area contributed by atoms with E-state index >= 15 is 0 Å². The van der Waals surface area contributed by atoms with Crippen LogP contribution in [0.2, 0.25) is 0 Å². The van der Waals surface area contributed by atoms with Gasteiger partial charge in [-0.25, -0.2) is 4.39 Å². The average molecular weight is 371 g/mol. The number of benzene rings is 2. The Labute approximate surface area is 159 Å². The van der Waals surface area contributed by atoms with Crippen LogP contribution in [0.5, 0.6) is 0 Å². The molecule has 0 aliphatic rings. The molecule has 0 bridgehead atoms. The standard InChI is InChI=1S/C21H26FN3O2/c1-4-15-8-10-16(11-9-15)21(17-6-5-7-18(22)12-17)24-13-19(26)23-14-20(27)25(2)3/h5-12,21,24H,4,13-14H2,1-3H3,(H,23,26)/t21-/m0/s1. The molecule has 27 heavy (non-hydrogen) atoms.